The Bertz CT molecular complexity index is 324. The average Bonchev–Trinajstić information content (AvgIpc) is 2.29. The molecule has 0 amide bonds. The minimum atomic E-state index is 0.289. The summed E-state index contributed by atoms with van der Waals surface area (Å²) in [5, 5.41) is 3.87. The fourth-order valence-corrected chi connectivity index (χ4v) is 1.82. The van der Waals surface area contributed by atoms with Gasteiger partial charge in [0.15, 0.2) is 0 Å². The second-order valence-electron chi connectivity index (χ2n) is 3.84. The highest BCUT2D eigenvalue weighted by atomic mass is 35.5. The smallest absolute Gasteiger partial charge is 0.124 e. The molecule has 0 radical (unpaired) electrons. The van der Waals surface area contributed by atoms with Gasteiger partial charge < -0.3 is 10.1 Å². The van der Waals surface area contributed by atoms with Gasteiger partial charge in [0, 0.05) is 17.1 Å². The highest BCUT2D eigenvalue weighted by Gasteiger charge is 2.09. The lowest BCUT2D eigenvalue weighted by molar-refractivity contribution is 0.191. The van der Waals surface area contributed by atoms with Crippen molar-refractivity contribution in [1.29, 1.82) is 0 Å². The van der Waals surface area contributed by atoms with Crippen LogP contribution in [0.5, 0.6) is 5.75 Å². The van der Waals surface area contributed by atoms with Gasteiger partial charge in [0.2, 0.25) is 0 Å². The zero-order chi connectivity index (χ0) is 12.0. The van der Waals surface area contributed by atoms with Crippen molar-refractivity contribution in [3.05, 3.63) is 28.8 Å². The Labute approximate surface area is 103 Å². The van der Waals surface area contributed by atoms with E-state index in [1.807, 2.05) is 25.2 Å². The lowest BCUT2D eigenvalue weighted by atomic mass is 10.1. The molecule has 0 bridgehead atoms. The summed E-state index contributed by atoms with van der Waals surface area (Å²) in [5.41, 5.74) is 1.11. The summed E-state index contributed by atoms with van der Waals surface area (Å²) < 4.78 is 5.95. The Morgan fingerprint density at radius 1 is 1.31 bits per heavy atom. The molecule has 90 valence electrons. The molecule has 0 aliphatic carbocycles. The normalized spacial score (nSPS) is 10.8. The molecule has 0 unspecified atom stereocenters. The zero-order valence-corrected chi connectivity index (χ0v) is 11.0. The van der Waals surface area contributed by atoms with Gasteiger partial charge in [-0.15, -0.1) is 0 Å². The first-order valence-corrected chi connectivity index (χ1v) is 6.18. The van der Waals surface area contributed by atoms with Crippen molar-refractivity contribution < 1.29 is 4.74 Å². The summed E-state index contributed by atoms with van der Waals surface area (Å²) in [5.74, 6) is 0.937. The number of benzene rings is 1. The summed E-state index contributed by atoms with van der Waals surface area (Å²) in [6.07, 6.45) is 2.34. The van der Waals surface area contributed by atoms with Gasteiger partial charge in [0.1, 0.15) is 5.75 Å². The van der Waals surface area contributed by atoms with Gasteiger partial charge in [-0.1, -0.05) is 25.4 Å². The van der Waals surface area contributed by atoms with Crippen molar-refractivity contribution in [3.8, 4) is 5.75 Å². The van der Waals surface area contributed by atoms with E-state index in [-0.39, 0.29) is 6.10 Å². The molecule has 0 aliphatic heterocycles. The molecule has 0 saturated carbocycles. The molecular weight excluding hydrogens is 222 g/mol. The van der Waals surface area contributed by atoms with Gasteiger partial charge in [-0.3, -0.25) is 0 Å². The maximum Gasteiger partial charge on any atom is 0.124 e. The molecular formula is C13H20ClNO. The van der Waals surface area contributed by atoms with Crippen molar-refractivity contribution in [2.45, 2.75) is 39.3 Å². The van der Waals surface area contributed by atoms with Crippen LogP contribution >= 0.6 is 11.6 Å². The van der Waals surface area contributed by atoms with Gasteiger partial charge in [-0.25, -0.2) is 0 Å². The molecule has 1 rings (SSSR count). The minimum Gasteiger partial charge on any atom is -0.490 e. The van der Waals surface area contributed by atoms with Gasteiger partial charge >= 0.3 is 0 Å². The van der Waals surface area contributed by atoms with Crippen LogP contribution in [0.25, 0.3) is 0 Å². The minimum absolute atomic E-state index is 0.289. The molecule has 0 spiro atoms. The summed E-state index contributed by atoms with van der Waals surface area (Å²) in [4.78, 5) is 0. The van der Waals surface area contributed by atoms with E-state index in [2.05, 4.69) is 19.2 Å². The zero-order valence-electron chi connectivity index (χ0n) is 10.2. The van der Waals surface area contributed by atoms with Gasteiger partial charge in [-0.05, 0) is 38.1 Å². The molecule has 0 fully saturated rings. The molecule has 0 atom stereocenters. The largest absolute Gasteiger partial charge is 0.490 e. The van der Waals surface area contributed by atoms with E-state index >= 15 is 0 Å². The Kier molecular flexibility index (Phi) is 5.64. The SMILES string of the molecule is CCC(CC)Oc1ccc(Cl)cc1CNC. The van der Waals surface area contributed by atoms with E-state index < -0.39 is 0 Å². The average molecular weight is 242 g/mol. The van der Waals surface area contributed by atoms with Crippen molar-refractivity contribution in [2.24, 2.45) is 0 Å². The number of ether oxygens (including phenoxy) is 1. The van der Waals surface area contributed by atoms with Crippen LogP contribution in [0.1, 0.15) is 32.3 Å². The topological polar surface area (TPSA) is 21.3 Å². The second-order valence-corrected chi connectivity index (χ2v) is 4.28. The molecule has 1 aromatic carbocycles. The molecule has 16 heavy (non-hydrogen) atoms. The maximum atomic E-state index is 5.97. The van der Waals surface area contributed by atoms with Gasteiger partial charge in [0.05, 0.1) is 6.10 Å². The lowest BCUT2D eigenvalue weighted by Crippen LogP contribution is -2.16. The van der Waals surface area contributed by atoms with Crippen LogP contribution in [0, 0.1) is 0 Å². The van der Waals surface area contributed by atoms with E-state index in [4.69, 9.17) is 16.3 Å². The monoisotopic (exact) mass is 241 g/mol. The van der Waals surface area contributed by atoms with Crippen LogP contribution in [-0.2, 0) is 6.54 Å². The first-order valence-electron chi connectivity index (χ1n) is 5.80. The standard InChI is InChI=1S/C13H20ClNO/c1-4-12(5-2)16-13-7-6-11(14)8-10(13)9-15-3/h6-8,12,15H,4-5,9H2,1-3H3. The summed E-state index contributed by atoms with van der Waals surface area (Å²) in [6, 6.07) is 5.78. The quantitative estimate of drug-likeness (QED) is 0.821. The van der Waals surface area contributed by atoms with E-state index in [1.54, 1.807) is 0 Å². The molecule has 0 heterocycles. The highest BCUT2D eigenvalue weighted by molar-refractivity contribution is 6.30. The van der Waals surface area contributed by atoms with E-state index in [1.165, 1.54) is 0 Å². The highest BCUT2D eigenvalue weighted by Crippen LogP contribution is 2.24. The number of hydrogen-bond acceptors (Lipinski definition) is 2. The van der Waals surface area contributed by atoms with Crippen LogP contribution in [0.15, 0.2) is 18.2 Å². The predicted octanol–water partition coefficient (Wildman–Crippen LogP) is 3.63. The predicted molar refractivity (Wildman–Crippen MR) is 69.2 cm³/mol. The summed E-state index contributed by atoms with van der Waals surface area (Å²) in [6.45, 7) is 5.06. The van der Waals surface area contributed by atoms with Gasteiger partial charge in [-0.2, -0.15) is 0 Å². The van der Waals surface area contributed by atoms with Crippen LogP contribution in [0.3, 0.4) is 0 Å². The number of nitrogens with one attached hydrogen (secondary N) is 1. The van der Waals surface area contributed by atoms with Gasteiger partial charge in [0.25, 0.3) is 0 Å². The Balaban J connectivity index is 2.84. The van der Waals surface area contributed by atoms with Crippen molar-refractivity contribution >= 4 is 11.6 Å². The molecule has 0 aliphatic rings. The van der Waals surface area contributed by atoms with Crippen LogP contribution < -0.4 is 10.1 Å². The fraction of sp³-hybridized carbons (Fsp3) is 0.538. The number of halogens is 1. The van der Waals surface area contributed by atoms with Crippen LogP contribution in [0.4, 0.5) is 0 Å². The second kappa shape index (κ2) is 6.77. The third-order valence-electron chi connectivity index (χ3n) is 2.59. The number of rotatable bonds is 6. The van der Waals surface area contributed by atoms with Crippen LogP contribution in [0.2, 0.25) is 5.02 Å². The van der Waals surface area contributed by atoms with E-state index in [0.717, 1.165) is 35.7 Å². The maximum absolute atomic E-state index is 5.97. The molecule has 2 nitrogen and oxygen atoms in total. The first kappa shape index (κ1) is 13.3. The third kappa shape index (κ3) is 3.69. The molecule has 1 aromatic rings. The van der Waals surface area contributed by atoms with Crippen molar-refractivity contribution in [2.75, 3.05) is 7.05 Å². The third-order valence-corrected chi connectivity index (χ3v) is 2.83. The van der Waals surface area contributed by atoms with E-state index in [0.29, 0.717) is 0 Å². The fourth-order valence-electron chi connectivity index (χ4n) is 1.63. The van der Waals surface area contributed by atoms with Crippen molar-refractivity contribution in [1.82, 2.24) is 5.32 Å². The molecule has 0 aromatic heterocycles. The lowest BCUT2D eigenvalue weighted by Gasteiger charge is -2.18. The van der Waals surface area contributed by atoms with Crippen molar-refractivity contribution in [3.63, 3.8) is 0 Å². The van der Waals surface area contributed by atoms with Crippen LogP contribution in [-0.4, -0.2) is 13.2 Å². The summed E-state index contributed by atoms with van der Waals surface area (Å²) >= 11 is 5.97. The summed E-state index contributed by atoms with van der Waals surface area (Å²) in [7, 11) is 1.92. The molecule has 1 N–H and O–H groups in total. The van der Waals surface area contributed by atoms with E-state index in [9.17, 15) is 0 Å². The Morgan fingerprint density at radius 2 is 2.00 bits per heavy atom. The number of hydrogen-bond donors (Lipinski definition) is 1. The molecule has 3 heteroatoms. The Morgan fingerprint density at radius 3 is 2.56 bits per heavy atom. The molecule has 0 saturated heterocycles. The Hall–Kier alpha value is -0.730. The first-order chi connectivity index (χ1) is 7.71.